The zero-order valence-electron chi connectivity index (χ0n) is 20.0. The van der Waals surface area contributed by atoms with Crippen LogP contribution in [0.2, 0.25) is 0 Å². The van der Waals surface area contributed by atoms with Gasteiger partial charge in [0.1, 0.15) is 25.5 Å². The second-order valence-corrected chi connectivity index (χ2v) is 9.55. The third-order valence-electron chi connectivity index (χ3n) is 7.02. The summed E-state index contributed by atoms with van der Waals surface area (Å²) in [5.74, 6) is -3.58. The van der Waals surface area contributed by atoms with E-state index in [0.29, 0.717) is 42.8 Å². The molecule has 0 atom stereocenters. The number of alkyl halides is 3. The van der Waals surface area contributed by atoms with Crippen LogP contribution in [-0.2, 0) is 16.1 Å². The highest BCUT2D eigenvalue weighted by Gasteiger charge is 2.51. The van der Waals surface area contributed by atoms with E-state index in [0.717, 1.165) is 0 Å². The summed E-state index contributed by atoms with van der Waals surface area (Å²) in [4.78, 5) is 42.4. The van der Waals surface area contributed by atoms with Crippen LogP contribution in [0.3, 0.4) is 0 Å². The molecule has 2 fully saturated rings. The molecule has 1 N–H and O–H groups in total. The summed E-state index contributed by atoms with van der Waals surface area (Å²) in [5, 5.41) is 6.39. The van der Waals surface area contributed by atoms with Crippen molar-refractivity contribution < 1.29 is 36.6 Å². The molecule has 1 amide bonds. The zero-order chi connectivity index (χ0) is 26.3. The number of carbonyl (C=O) groups excluding carboxylic acids is 2. The fraction of sp³-hybridized carbons (Fsp3) is 0.500. The van der Waals surface area contributed by atoms with Crippen molar-refractivity contribution in [3.63, 3.8) is 0 Å². The topological polar surface area (TPSA) is 92.4 Å². The number of aromatic nitrogens is 2. The van der Waals surface area contributed by atoms with E-state index in [1.54, 1.807) is 26.0 Å². The number of benzene rings is 1. The van der Waals surface area contributed by atoms with E-state index in [2.05, 4.69) is 10.2 Å². The number of carbonyl (C=O) groups is 2. The fourth-order valence-corrected chi connectivity index (χ4v) is 4.85. The van der Waals surface area contributed by atoms with Crippen LogP contribution in [-0.4, -0.2) is 70.5 Å². The van der Waals surface area contributed by atoms with Crippen LogP contribution in [0.15, 0.2) is 23.0 Å². The molecule has 1 aromatic heterocycles. The lowest BCUT2D eigenvalue weighted by Gasteiger charge is -2.42. The van der Waals surface area contributed by atoms with Gasteiger partial charge in [-0.2, -0.15) is 18.3 Å². The molecule has 0 unspecified atom stereocenters. The molecular weight excluding hydrogens is 484 g/mol. The second kappa shape index (κ2) is 9.64. The Morgan fingerprint density at radius 3 is 2.47 bits per heavy atom. The van der Waals surface area contributed by atoms with Crippen molar-refractivity contribution in [2.24, 2.45) is 5.92 Å². The van der Waals surface area contributed by atoms with Crippen LogP contribution < -0.4 is 5.56 Å². The van der Waals surface area contributed by atoms with Gasteiger partial charge in [-0.05, 0) is 31.0 Å². The molecule has 2 aliphatic heterocycles. The number of rotatable bonds is 6. The number of nitrogens with zero attached hydrogens (tertiary/aromatic N) is 3. The largest absolute Gasteiger partial charge is 0.497 e. The van der Waals surface area contributed by atoms with E-state index in [1.807, 2.05) is 0 Å². The van der Waals surface area contributed by atoms with E-state index in [1.165, 1.54) is 11.0 Å². The predicted octanol–water partition coefficient (Wildman–Crippen LogP) is 2.82. The Balaban J connectivity index is 1.42. The molecule has 3 heterocycles. The highest BCUT2D eigenvalue weighted by Crippen LogP contribution is 2.30. The van der Waals surface area contributed by atoms with Crippen LogP contribution in [0.1, 0.15) is 45.6 Å². The number of amides is 1. The molecule has 0 spiro atoms. The minimum atomic E-state index is -5.07. The first-order chi connectivity index (χ1) is 16.9. The summed E-state index contributed by atoms with van der Waals surface area (Å²) in [5.41, 5.74) is 1.44. The van der Waals surface area contributed by atoms with E-state index in [-0.39, 0.29) is 48.7 Å². The monoisotopic (exact) mass is 511 g/mol. The molecule has 0 bridgehead atoms. The Labute approximate surface area is 204 Å². The van der Waals surface area contributed by atoms with Gasteiger partial charge in [0, 0.05) is 43.8 Å². The van der Waals surface area contributed by atoms with Gasteiger partial charge in [0.2, 0.25) is 0 Å². The van der Waals surface area contributed by atoms with E-state index >= 15 is 4.39 Å². The Hall–Kier alpha value is -3.28. The molecular formula is C24H27F4N4O4+. The maximum Gasteiger partial charge on any atom is 0.497 e. The van der Waals surface area contributed by atoms with Crippen LogP contribution in [0, 0.1) is 25.6 Å². The normalized spacial score (nSPS) is 17.7. The fourth-order valence-electron chi connectivity index (χ4n) is 4.85. The van der Waals surface area contributed by atoms with Crippen LogP contribution in [0.5, 0.6) is 0 Å². The SMILES string of the molecule is Cc1c(Cc2cccc(C(=O)N3CC(C[N+]4(OC(=O)C(F)(F)F)CCCC4)C3)c2F)n[nH]c(=O)c1C. The molecule has 2 saturated heterocycles. The molecule has 2 aliphatic rings. The van der Waals surface area contributed by atoms with Gasteiger partial charge in [-0.3, -0.25) is 14.4 Å². The number of nitrogens with one attached hydrogen (secondary N) is 1. The quantitative estimate of drug-likeness (QED) is 0.476. The van der Waals surface area contributed by atoms with E-state index < -0.39 is 28.5 Å². The molecule has 2 aromatic rings. The predicted molar refractivity (Wildman–Crippen MR) is 119 cm³/mol. The number of halogens is 4. The van der Waals surface area contributed by atoms with Gasteiger partial charge in [-0.25, -0.2) is 14.3 Å². The van der Waals surface area contributed by atoms with Crippen molar-refractivity contribution in [3.8, 4) is 0 Å². The van der Waals surface area contributed by atoms with Crippen LogP contribution in [0.25, 0.3) is 0 Å². The van der Waals surface area contributed by atoms with E-state index in [4.69, 9.17) is 4.84 Å². The van der Waals surface area contributed by atoms with Crippen molar-refractivity contribution in [1.29, 1.82) is 0 Å². The molecule has 12 heteroatoms. The summed E-state index contributed by atoms with van der Waals surface area (Å²) in [7, 11) is 0. The van der Waals surface area contributed by atoms with Crippen molar-refractivity contribution in [2.75, 3.05) is 32.7 Å². The number of hydrogen-bond donors (Lipinski definition) is 1. The zero-order valence-corrected chi connectivity index (χ0v) is 20.0. The Bertz CT molecular complexity index is 1230. The molecule has 0 saturated carbocycles. The minimum absolute atomic E-state index is 0.0869. The maximum atomic E-state index is 15.3. The van der Waals surface area contributed by atoms with Crippen molar-refractivity contribution in [1.82, 2.24) is 15.1 Å². The van der Waals surface area contributed by atoms with E-state index in [9.17, 15) is 27.6 Å². The van der Waals surface area contributed by atoms with Crippen molar-refractivity contribution >= 4 is 11.9 Å². The summed E-state index contributed by atoms with van der Waals surface area (Å²) < 4.78 is 53.1. The average molecular weight is 511 g/mol. The lowest BCUT2D eigenvalue weighted by molar-refractivity contribution is -1.08. The molecule has 8 nitrogen and oxygen atoms in total. The minimum Gasteiger partial charge on any atom is -0.337 e. The number of hydroxylamine groups is 3. The first-order valence-electron chi connectivity index (χ1n) is 11.7. The summed E-state index contributed by atoms with van der Waals surface area (Å²) in [6, 6.07) is 4.49. The van der Waals surface area contributed by atoms with Crippen molar-refractivity contribution in [2.45, 2.75) is 39.3 Å². The summed E-state index contributed by atoms with van der Waals surface area (Å²) in [6.07, 6.45) is -3.70. The molecule has 0 radical (unpaired) electrons. The van der Waals surface area contributed by atoms with Gasteiger partial charge < -0.3 is 4.90 Å². The van der Waals surface area contributed by atoms with Gasteiger partial charge in [0.25, 0.3) is 11.5 Å². The molecule has 0 aliphatic carbocycles. The lowest BCUT2D eigenvalue weighted by atomic mass is 9.96. The van der Waals surface area contributed by atoms with Gasteiger partial charge in [0.05, 0.1) is 11.3 Å². The molecule has 36 heavy (non-hydrogen) atoms. The highest BCUT2D eigenvalue weighted by molar-refractivity contribution is 5.95. The van der Waals surface area contributed by atoms with Gasteiger partial charge in [-0.15, -0.1) is 4.65 Å². The standard InChI is InChI=1S/C24H26F4N4O4/c1-14-15(2)21(33)30-29-19(14)10-17-6-5-7-18(20(17)25)22(34)31-11-16(12-31)13-32(8-3-4-9-32)36-23(35)24(26,27)28/h5-7,16H,3-4,8-13H2,1-2H3/p+1. The number of H-pyrrole nitrogens is 1. The van der Waals surface area contributed by atoms with Crippen LogP contribution in [0.4, 0.5) is 17.6 Å². The summed E-state index contributed by atoms with van der Waals surface area (Å²) in [6.45, 7) is 4.58. The highest BCUT2D eigenvalue weighted by atomic mass is 19.4. The van der Waals surface area contributed by atoms with Crippen molar-refractivity contribution in [3.05, 3.63) is 62.3 Å². The smallest absolute Gasteiger partial charge is 0.337 e. The second-order valence-electron chi connectivity index (χ2n) is 9.55. The number of hydrogen-bond acceptors (Lipinski definition) is 5. The third-order valence-corrected chi connectivity index (χ3v) is 7.02. The molecule has 1 aromatic carbocycles. The first kappa shape index (κ1) is 25.8. The Morgan fingerprint density at radius 1 is 1.17 bits per heavy atom. The Morgan fingerprint density at radius 2 is 1.83 bits per heavy atom. The number of quaternary nitrogens is 1. The van der Waals surface area contributed by atoms with Crippen LogP contribution >= 0.6 is 0 Å². The molecule has 194 valence electrons. The molecule has 4 rings (SSSR count). The number of aromatic amines is 1. The Kier molecular flexibility index (Phi) is 6.91. The lowest BCUT2D eigenvalue weighted by Crippen LogP contribution is -2.59. The van der Waals surface area contributed by atoms with Gasteiger partial charge in [-0.1, -0.05) is 12.1 Å². The third kappa shape index (κ3) is 5.13. The average Bonchev–Trinajstić information content (AvgIpc) is 3.25. The van der Waals surface area contributed by atoms with Gasteiger partial charge in [0.15, 0.2) is 0 Å². The first-order valence-corrected chi connectivity index (χ1v) is 11.7. The maximum absolute atomic E-state index is 15.3. The summed E-state index contributed by atoms with van der Waals surface area (Å²) >= 11 is 0. The number of likely N-dealkylation sites (tertiary alicyclic amines) is 2. The van der Waals surface area contributed by atoms with Gasteiger partial charge >= 0.3 is 12.1 Å².